The van der Waals surface area contributed by atoms with Crippen LogP contribution in [-0.4, -0.2) is 87.5 Å². The fourth-order valence-electron chi connectivity index (χ4n) is 8.11. The monoisotopic (exact) mass is 833 g/mol. The van der Waals surface area contributed by atoms with E-state index in [-0.39, 0.29) is 162 Å². The Labute approximate surface area is 408 Å². The number of imide groups is 1. The largest absolute Gasteiger partial charge is 1.00 e. The quantitative estimate of drug-likeness (QED) is 0.0971. The number of carbonyl (C=O) groups is 3. The standard InChI is InChI=1S/C36H40N9O8P.2K/c37-35-30(18-27(40-41-35)26-4-1-2-7-31(26)53-54(49,50)51)45-20-24(19-38-45)43-15-14-42(21-33(43)47)23-10-8-22(9-11-23)25-5-3-6-28-34(25)52-17-16-44(28)29-12-13-32(46)39-36(29)48;;/h1-7,18-20,22-23,29H,8-17,21H2,(H2,37,41)(H,39,46,48)(H2,49,50,51);;/q;2*+1/p-2/t22?,23?,29-;;/m0../s1. The number of hydrogen-bond donors (Lipinski definition) is 2. The molecule has 282 valence electrons. The number of piperazine rings is 1. The predicted molar refractivity (Wildman–Crippen MR) is 192 cm³/mol. The zero-order valence-electron chi connectivity index (χ0n) is 31.2. The molecule has 56 heavy (non-hydrogen) atoms. The van der Waals surface area contributed by atoms with Crippen molar-refractivity contribution >= 4 is 42.7 Å². The Hall–Kier alpha value is -2.08. The average Bonchev–Trinajstić information content (AvgIpc) is 3.64. The number of hydrogen-bond acceptors (Lipinski definition) is 14. The molecule has 0 spiro atoms. The van der Waals surface area contributed by atoms with Gasteiger partial charge in [-0.3, -0.25) is 24.6 Å². The molecule has 2 aromatic heterocycles. The van der Waals surface area contributed by atoms with Crippen molar-refractivity contribution in [3.8, 4) is 28.4 Å². The Kier molecular flexibility index (Phi) is 14.3. The van der Waals surface area contributed by atoms with Gasteiger partial charge in [-0.05, 0) is 67.9 Å². The van der Waals surface area contributed by atoms with E-state index in [1.807, 2.05) is 12.1 Å². The first-order chi connectivity index (χ1) is 26.0. The first-order valence-electron chi connectivity index (χ1n) is 17.9. The smallest absolute Gasteiger partial charge is 0.780 e. The maximum absolute atomic E-state index is 13.5. The van der Waals surface area contributed by atoms with E-state index in [0.29, 0.717) is 50.5 Å². The fourth-order valence-corrected chi connectivity index (χ4v) is 8.51. The van der Waals surface area contributed by atoms with E-state index in [4.69, 9.17) is 10.5 Å². The number of piperidine rings is 1. The molecule has 3 aliphatic heterocycles. The number of carbonyl (C=O) groups excluding carboxylic acids is 3. The van der Waals surface area contributed by atoms with Gasteiger partial charge in [0.1, 0.15) is 37.7 Å². The van der Waals surface area contributed by atoms with Gasteiger partial charge >= 0.3 is 103 Å². The average molecular weight is 834 g/mol. The number of nitrogens with two attached hydrogens (primary N) is 1. The van der Waals surface area contributed by atoms with Gasteiger partial charge in [-0.25, -0.2) is 4.68 Å². The molecule has 8 rings (SSSR count). The second-order valence-corrected chi connectivity index (χ2v) is 15.0. The predicted octanol–water partition coefficient (Wildman–Crippen LogP) is -4.49. The first kappa shape index (κ1) is 43.5. The maximum Gasteiger partial charge on any atom is 1.00 e. The van der Waals surface area contributed by atoms with E-state index >= 15 is 0 Å². The van der Waals surface area contributed by atoms with E-state index in [2.05, 4.69) is 41.0 Å². The van der Waals surface area contributed by atoms with E-state index in [0.717, 1.165) is 42.7 Å². The molecule has 0 bridgehead atoms. The van der Waals surface area contributed by atoms with Gasteiger partial charge in [0.2, 0.25) is 17.7 Å². The van der Waals surface area contributed by atoms with Crippen LogP contribution >= 0.6 is 7.82 Å². The summed E-state index contributed by atoms with van der Waals surface area (Å²) < 4.78 is 23.6. The van der Waals surface area contributed by atoms with Gasteiger partial charge in [0.25, 0.3) is 0 Å². The normalized spacial score (nSPS) is 21.6. The Morgan fingerprint density at radius 1 is 0.929 bits per heavy atom. The molecule has 5 heterocycles. The number of ether oxygens (including phenoxy) is 1. The van der Waals surface area contributed by atoms with Gasteiger partial charge in [0.05, 0.1) is 42.6 Å². The van der Waals surface area contributed by atoms with Crippen LogP contribution in [0, 0.1) is 0 Å². The van der Waals surface area contributed by atoms with Crippen LogP contribution < -0.4 is 143 Å². The van der Waals surface area contributed by atoms with Gasteiger partial charge < -0.3 is 39.1 Å². The third-order valence-electron chi connectivity index (χ3n) is 10.7. The minimum absolute atomic E-state index is 0. The van der Waals surface area contributed by atoms with Crippen molar-refractivity contribution < 1.29 is 141 Å². The molecule has 17 nitrogen and oxygen atoms in total. The van der Waals surface area contributed by atoms with Gasteiger partial charge in [-0.15, -0.1) is 10.2 Å². The third kappa shape index (κ3) is 9.36. The number of nitrogen functional groups attached to an aromatic ring is 1. The number of fused-ring (bicyclic) bond motifs is 1. The van der Waals surface area contributed by atoms with E-state index in [1.165, 1.54) is 22.9 Å². The zero-order chi connectivity index (χ0) is 37.6. The molecular formula is C36H38K2N9O8P. The van der Waals surface area contributed by atoms with Crippen LogP contribution in [0.15, 0.2) is 60.9 Å². The number of anilines is 3. The van der Waals surface area contributed by atoms with E-state index < -0.39 is 13.9 Å². The first-order valence-corrected chi connectivity index (χ1v) is 19.4. The van der Waals surface area contributed by atoms with Crippen LogP contribution in [0.4, 0.5) is 17.2 Å². The van der Waals surface area contributed by atoms with Crippen LogP contribution in [0.25, 0.3) is 16.9 Å². The Bertz CT molecular complexity index is 2160. The minimum atomic E-state index is -5.33. The number of phosphoric ester groups is 1. The molecule has 0 unspecified atom stereocenters. The van der Waals surface area contributed by atoms with Crippen molar-refractivity contribution in [2.45, 2.75) is 56.5 Å². The summed E-state index contributed by atoms with van der Waals surface area (Å²) in [5, 5.41) is 15.0. The molecule has 1 saturated carbocycles. The fraction of sp³-hybridized carbons (Fsp3) is 0.389. The van der Waals surface area contributed by atoms with Crippen molar-refractivity contribution in [3.05, 3.63) is 66.5 Å². The van der Waals surface area contributed by atoms with E-state index in [1.54, 1.807) is 29.4 Å². The molecule has 1 aliphatic carbocycles. The number of nitrogens with one attached hydrogen (secondary N) is 1. The SMILES string of the molecule is Nc1nnc(-c2ccccc2OP(=O)([O-])[O-])cc1-n1cc(N2CCN(C3CCC(c4cccc5c4OCCN5[C@H]4CCC(=O)NC4=O)CC3)CC2=O)cn1.[K+].[K+]. The summed E-state index contributed by atoms with van der Waals surface area (Å²) in [7, 11) is -5.33. The number of benzene rings is 2. The van der Waals surface area contributed by atoms with Crippen LogP contribution in [0.1, 0.15) is 50.0 Å². The van der Waals surface area contributed by atoms with Crippen molar-refractivity contribution in [2.75, 3.05) is 48.3 Å². The molecule has 20 heteroatoms. The minimum Gasteiger partial charge on any atom is -0.780 e. The topological polar surface area (TPSA) is 224 Å². The van der Waals surface area contributed by atoms with Crippen molar-refractivity contribution in [1.82, 2.24) is 30.2 Å². The number of para-hydroxylation sites is 2. The summed E-state index contributed by atoms with van der Waals surface area (Å²) in [6, 6.07) is 13.6. The Balaban J connectivity index is 0.00000266. The van der Waals surface area contributed by atoms with Crippen LogP contribution in [0.3, 0.4) is 0 Å². The number of aromatic nitrogens is 4. The molecule has 3 N–H and O–H groups in total. The van der Waals surface area contributed by atoms with Crippen LogP contribution in [-0.2, 0) is 18.9 Å². The molecular weight excluding hydrogens is 796 g/mol. The van der Waals surface area contributed by atoms with Gasteiger partial charge in [0, 0.05) is 31.1 Å². The number of phosphoric acid groups is 1. The van der Waals surface area contributed by atoms with Gasteiger partial charge in [-0.1, -0.05) is 24.3 Å². The molecule has 0 radical (unpaired) electrons. The second kappa shape index (κ2) is 18.5. The van der Waals surface area contributed by atoms with Crippen molar-refractivity contribution in [3.63, 3.8) is 0 Å². The molecule has 3 fully saturated rings. The van der Waals surface area contributed by atoms with Crippen LogP contribution in [0.2, 0.25) is 0 Å². The molecule has 4 aliphatic rings. The zero-order valence-corrected chi connectivity index (χ0v) is 38.3. The molecule has 4 aromatic rings. The summed E-state index contributed by atoms with van der Waals surface area (Å²) in [6.07, 6.45) is 7.80. The summed E-state index contributed by atoms with van der Waals surface area (Å²) >= 11 is 0. The van der Waals surface area contributed by atoms with Gasteiger partial charge in [-0.2, -0.15) is 5.10 Å². The summed E-state index contributed by atoms with van der Waals surface area (Å²) in [4.78, 5) is 66.7. The van der Waals surface area contributed by atoms with Crippen LogP contribution in [0.5, 0.6) is 11.5 Å². The number of rotatable bonds is 8. The molecule has 2 saturated heterocycles. The molecule has 2 aromatic carbocycles. The second-order valence-electron chi connectivity index (χ2n) is 13.9. The summed E-state index contributed by atoms with van der Waals surface area (Å²) in [6.45, 7) is 2.50. The Morgan fingerprint density at radius 2 is 1.71 bits per heavy atom. The molecule has 3 amide bonds. The summed E-state index contributed by atoms with van der Waals surface area (Å²) in [5.41, 5.74) is 9.54. The maximum atomic E-state index is 13.5. The Morgan fingerprint density at radius 3 is 2.46 bits per heavy atom. The van der Waals surface area contributed by atoms with Gasteiger partial charge in [0.15, 0.2) is 5.82 Å². The van der Waals surface area contributed by atoms with E-state index in [9.17, 15) is 28.7 Å². The number of amides is 3. The van der Waals surface area contributed by atoms with Crippen molar-refractivity contribution in [1.29, 1.82) is 0 Å². The summed E-state index contributed by atoms with van der Waals surface area (Å²) in [5.74, 6) is 0.438. The number of nitrogens with zero attached hydrogens (tertiary/aromatic N) is 7. The molecule has 1 atom stereocenters. The van der Waals surface area contributed by atoms with Crippen molar-refractivity contribution in [2.24, 2.45) is 0 Å². The third-order valence-corrected chi connectivity index (χ3v) is 11.1.